The topological polar surface area (TPSA) is 41.6 Å². The molecule has 0 saturated carbocycles. The zero-order chi connectivity index (χ0) is 14.2. The van der Waals surface area contributed by atoms with E-state index in [1.807, 2.05) is 37.4 Å². The Morgan fingerprint density at radius 2 is 2.14 bits per heavy atom. The van der Waals surface area contributed by atoms with E-state index in [9.17, 15) is 4.79 Å². The van der Waals surface area contributed by atoms with Crippen molar-refractivity contribution < 1.29 is 9.53 Å². The summed E-state index contributed by atoms with van der Waals surface area (Å²) in [5.41, 5.74) is 1.16. The number of amides is 1. The van der Waals surface area contributed by atoms with Gasteiger partial charge in [-0.2, -0.15) is 0 Å². The Morgan fingerprint density at radius 3 is 2.81 bits per heavy atom. The standard InChI is InChI=1S/C16H24N2O2.ClH/c1-18(16(19)15-8-5-9-17-12-15)10-11-20-13-14-6-3-2-4-7-14;/h2-4,6-7,15,17H,5,8-13H2,1H3;1H. The van der Waals surface area contributed by atoms with Crippen LogP contribution in [0.15, 0.2) is 30.3 Å². The fraction of sp³-hybridized carbons (Fsp3) is 0.562. The minimum Gasteiger partial charge on any atom is -0.375 e. The van der Waals surface area contributed by atoms with E-state index in [0.717, 1.165) is 31.5 Å². The van der Waals surface area contributed by atoms with Crippen molar-refractivity contribution in [2.45, 2.75) is 19.4 Å². The quantitative estimate of drug-likeness (QED) is 0.818. The molecule has 1 aliphatic heterocycles. The summed E-state index contributed by atoms with van der Waals surface area (Å²) in [5, 5.41) is 3.28. The number of piperidine rings is 1. The Bertz CT molecular complexity index is 408. The maximum Gasteiger partial charge on any atom is 0.226 e. The Hall–Kier alpha value is -1.10. The van der Waals surface area contributed by atoms with Crippen LogP contribution in [0.3, 0.4) is 0 Å². The highest BCUT2D eigenvalue weighted by atomic mass is 35.5. The van der Waals surface area contributed by atoms with Crippen LogP contribution in [0.2, 0.25) is 0 Å². The Morgan fingerprint density at radius 1 is 1.38 bits per heavy atom. The first kappa shape index (κ1) is 18.0. The van der Waals surface area contributed by atoms with E-state index in [-0.39, 0.29) is 24.2 Å². The number of halogens is 1. The van der Waals surface area contributed by atoms with Gasteiger partial charge in [0, 0.05) is 20.1 Å². The van der Waals surface area contributed by atoms with Crippen molar-refractivity contribution in [3.05, 3.63) is 35.9 Å². The molecule has 0 spiro atoms. The van der Waals surface area contributed by atoms with Crippen LogP contribution in [0.1, 0.15) is 18.4 Å². The van der Waals surface area contributed by atoms with E-state index in [4.69, 9.17) is 4.74 Å². The number of hydrogen-bond acceptors (Lipinski definition) is 3. The number of likely N-dealkylation sites (N-methyl/N-ethyl adjacent to an activating group) is 1. The molecule has 0 radical (unpaired) electrons. The van der Waals surface area contributed by atoms with E-state index in [2.05, 4.69) is 5.32 Å². The molecule has 1 N–H and O–H groups in total. The van der Waals surface area contributed by atoms with Crippen LogP contribution in [-0.2, 0) is 16.1 Å². The van der Waals surface area contributed by atoms with Gasteiger partial charge in [-0.1, -0.05) is 30.3 Å². The maximum atomic E-state index is 12.2. The summed E-state index contributed by atoms with van der Waals surface area (Å²) < 4.78 is 5.62. The van der Waals surface area contributed by atoms with Gasteiger partial charge in [0.15, 0.2) is 0 Å². The molecule has 1 aromatic rings. The van der Waals surface area contributed by atoms with Gasteiger partial charge in [0.1, 0.15) is 0 Å². The van der Waals surface area contributed by atoms with E-state index < -0.39 is 0 Å². The van der Waals surface area contributed by atoms with E-state index in [1.165, 1.54) is 0 Å². The van der Waals surface area contributed by atoms with Crippen molar-refractivity contribution in [3.8, 4) is 0 Å². The normalized spacial score (nSPS) is 17.9. The van der Waals surface area contributed by atoms with Gasteiger partial charge in [0.2, 0.25) is 5.91 Å². The highest BCUT2D eigenvalue weighted by molar-refractivity contribution is 5.85. The van der Waals surface area contributed by atoms with Crippen LogP contribution < -0.4 is 5.32 Å². The van der Waals surface area contributed by atoms with Crippen molar-refractivity contribution in [1.29, 1.82) is 0 Å². The minimum absolute atomic E-state index is 0. The van der Waals surface area contributed by atoms with Crippen LogP contribution in [0.4, 0.5) is 0 Å². The van der Waals surface area contributed by atoms with E-state index >= 15 is 0 Å². The van der Waals surface area contributed by atoms with Crippen LogP contribution in [-0.4, -0.2) is 44.1 Å². The van der Waals surface area contributed by atoms with Gasteiger partial charge in [0.05, 0.1) is 19.1 Å². The number of nitrogens with one attached hydrogen (secondary N) is 1. The summed E-state index contributed by atoms with van der Waals surface area (Å²) >= 11 is 0. The van der Waals surface area contributed by atoms with Gasteiger partial charge < -0.3 is 15.0 Å². The highest BCUT2D eigenvalue weighted by Gasteiger charge is 2.23. The molecule has 4 nitrogen and oxygen atoms in total. The predicted molar refractivity (Wildman–Crippen MR) is 86.6 cm³/mol. The molecular weight excluding hydrogens is 288 g/mol. The lowest BCUT2D eigenvalue weighted by molar-refractivity contribution is -0.135. The number of nitrogens with zero attached hydrogens (tertiary/aromatic N) is 1. The van der Waals surface area contributed by atoms with Gasteiger partial charge in [-0.25, -0.2) is 0 Å². The summed E-state index contributed by atoms with van der Waals surface area (Å²) in [5.74, 6) is 0.378. The van der Waals surface area contributed by atoms with Crippen molar-refractivity contribution in [2.75, 3.05) is 33.3 Å². The molecule has 1 unspecified atom stereocenters. The fourth-order valence-electron chi connectivity index (χ4n) is 2.45. The first-order valence-electron chi connectivity index (χ1n) is 7.35. The van der Waals surface area contributed by atoms with Crippen LogP contribution in [0, 0.1) is 5.92 Å². The smallest absolute Gasteiger partial charge is 0.226 e. The molecule has 0 aromatic heterocycles. The van der Waals surface area contributed by atoms with Crippen LogP contribution >= 0.6 is 12.4 Å². The zero-order valence-corrected chi connectivity index (χ0v) is 13.4. The van der Waals surface area contributed by atoms with Crippen molar-refractivity contribution >= 4 is 18.3 Å². The lowest BCUT2D eigenvalue weighted by Gasteiger charge is -2.26. The first-order valence-corrected chi connectivity index (χ1v) is 7.35. The second kappa shape index (κ2) is 9.77. The first-order chi connectivity index (χ1) is 9.77. The summed E-state index contributed by atoms with van der Waals surface area (Å²) in [4.78, 5) is 14.0. The third kappa shape index (κ3) is 6.04. The molecule has 1 amide bonds. The summed E-state index contributed by atoms with van der Waals surface area (Å²) in [6.45, 7) is 3.69. The number of benzene rings is 1. The highest BCUT2D eigenvalue weighted by Crippen LogP contribution is 2.12. The summed E-state index contributed by atoms with van der Waals surface area (Å²) in [7, 11) is 1.86. The molecule has 118 valence electrons. The average molecular weight is 313 g/mol. The van der Waals surface area contributed by atoms with Crippen molar-refractivity contribution in [2.24, 2.45) is 5.92 Å². The molecule has 1 aliphatic rings. The molecular formula is C16H25ClN2O2. The zero-order valence-electron chi connectivity index (χ0n) is 12.6. The number of carbonyl (C=O) groups is 1. The molecule has 2 rings (SSSR count). The summed E-state index contributed by atoms with van der Waals surface area (Å²) in [6, 6.07) is 10.1. The molecule has 1 aromatic carbocycles. The van der Waals surface area contributed by atoms with E-state index in [1.54, 1.807) is 4.90 Å². The monoisotopic (exact) mass is 312 g/mol. The van der Waals surface area contributed by atoms with Crippen LogP contribution in [0.5, 0.6) is 0 Å². The maximum absolute atomic E-state index is 12.2. The largest absolute Gasteiger partial charge is 0.375 e. The molecule has 5 heteroatoms. The van der Waals surface area contributed by atoms with E-state index in [0.29, 0.717) is 19.8 Å². The fourth-order valence-corrected chi connectivity index (χ4v) is 2.45. The molecule has 1 atom stereocenters. The van der Waals surface area contributed by atoms with Gasteiger partial charge in [-0.15, -0.1) is 12.4 Å². The third-order valence-corrected chi connectivity index (χ3v) is 3.70. The molecule has 1 heterocycles. The lowest BCUT2D eigenvalue weighted by atomic mass is 9.98. The number of ether oxygens (including phenoxy) is 1. The Balaban J connectivity index is 0.00000220. The Labute approximate surface area is 133 Å². The molecule has 1 saturated heterocycles. The third-order valence-electron chi connectivity index (χ3n) is 3.70. The second-order valence-corrected chi connectivity index (χ2v) is 5.34. The molecule has 21 heavy (non-hydrogen) atoms. The number of rotatable bonds is 6. The van der Waals surface area contributed by atoms with Gasteiger partial charge in [0.25, 0.3) is 0 Å². The van der Waals surface area contributed by atoms with Crippen LogP contribution in [0.25, 0.3) is 0 Å². The van der Waals surface area contributed by atoms with Crippen molar-refractivity contribution in [3.63, 3.8) is 0 Å². The molecule has 1 fully saturated rings. The van der Waals surface area contributed by atoms with Crippen molar-refractivity contribution in [1.82, 2.24) is 10.2 Å². The van der Waals surface area contributed by atoms with Gasteiger partial charge in [-0.3, -0.25) is 4.79 Å². The van der Waals surface area contributed by atoms with Gasteiger partial charge in [-0.05, 0) is 24.9 Å². The SMILES string of the molecule is CN(CCOCc1ccccc1)C(=O)C1CCCNC1.Cl. The predicted octanol–water partition coefficient (Wildman–Crippen LogP) is 2.08. The minimum atomic E-state index is 0. The lowest BCUT2D eigenvalue weighted by Crippen LogP contribution is -2.42. The van der Waals surface area contributed by atoms with Gasteiger partial charge >= 0.3 is 0 Å². The average Bonchev–Trinajstić information content (AvgIpc) is 2.52. The Kier molecular flexibility index (Phi) is 8.35. The summed E-state index contributed by atoms with van der Waals surface area (Å²) in [6.07, 6.45) is 2.09. The molecule has 0 bridgehead atoms. The number of carbonyl (C=O) groups excluding carboxylic acids is 1. The number of hydrogen-bond donors (Lipinski definition) is 1. The molecule has 0 aliphatic carbocycles. The second-order valence-electron chi connectivity index (χ2n) is 5.34.